The molecule has 0 unspecified atom stereocenters. The molecule has 2 aromatic carbocycles. The molecule has 0 bridgehead atoms. The Morgan fingerprint density at radius 1 is 1.18 bits per heavy atom. The summed E-state index contributed by atoms with van der Waals surface area (Å²) in [5, 5.41) is 0.769. The van der Waals surface area contributed by atoms with E-state index >= 15 is 0 Å². The van der Waals surface area contributed by atoms with Gasteiger partial charge in [0.05, 0.1) is 11.6 Å². The van der Waals surface area contributed by atoms with E-state index in [-0.39, 0.29) is 35.5 Å². The first kappa shape index (κ1) is 21.1. The summed E-state index contributed by atoms with van der Waals surface area (Å²) in [6, 6.07) is 13.4. The molecule has 1 aliphatic heterocycles. The third-order valence-corrected chi connectivity index (χ3v) is 7.09. The highest BCUT2D eigenvalue weighted by atomic mass is 35.5. The highest BCUT2D eigenvalue weighted by Gasteiger charge is 2.36. The predicted octanol–water partition coefficient (Wildman–Crippen LogP) is 3.04. The Morgan fingerprint density at radius 2 is 1.86 bits per heavy atom. The van der Waals surface area contributed by atoms with Crippen LogP contribution in [0.5, 0.6) is 0 Å². The van der Waals surface area contributed by atoms with Crippen molar-refractivity contribution in [1.82, 2.24) is 9.21 Å². The van der Waals surface area contributed by atoms with E-state index < -0.39 is 16.1 Å². The van der Waals surface area contributed by atoms with Crippen molar-refractivity contribution in [3.63, 3.8) is 0 Å². The van der Waals surface area contributed by atoms with Crippen LogP contribution in [0.15, 0.2) is 53.4 Å². The molecule has 1 aliphatic rings. The molecule has 9 heteroatoms. The van der Waals surface area contributed by atoms with E-state index in [2.05, 4.69) is 0 Å². The zero-order valence-electron chi connectivity index (χ0n) is 15.2. The number of amides is 1. The summed E-state index contributed by atoms with van der Waals surface area (Å²) in [4.78, 5) is 14.3. The van der Waals surface area contributed by atoms with E-state index in [9.17, 15) is 13.2 Å². The molecule has 1 amide bonds. The largest absolute Gasteiger partial charge is 0.366 e. The van der Waals surface area contributed by atoms with Crippen LogP contribution < -0.4 is 0 Å². The molecule has 0 spiro atoms. The average molecular weight is 443 g/mol. The normalized spacial score (nSPS) is 18.0. The Morgan fingerprint density at radius 3 is 2.54 bits per heavy atom. The number of likely N-dealkylation sites (N-methyl/N-ethyl adjacent to an activating group) is 1. The van der Waals surface area contributed by atoms with E-state index in [1.165, 1.54) is 21.3 Å². The van der Waals surface area contributed by atoms with Crippen LogP contribution in [0.3, 0.4) is 0 Å². The standard InChI is InChI=1S/C19H20Cl2N2O4S/c1-22(12-14-6-8-15(20)9-7-14)19(24)17-13-23(10-11-27-17)28(25,26)18-5-3-2-4-16(18)21/h2-9,17H,10-13H2,1H3/t17-/m0/s1. The predicted molar refractivity (Wildman–Crippen MR) is 108 cm³/mol. The quantitative estimate of drug-likeness (QED) is 0.713. The average Bonchev–Trinajstić information content (AvgIpc) is 2.69. The van der Waals surface area contributed by atoms with Gasteiger partial charge in [-0.2, -0.15) is 4.31 Å². The van der Waals surface area contributed by atoms with Crippen LogP contribution in [0.4, 0.5) is 0 Å². The number of benzene rings is 2. The number of ether oxygens (including phenoxy) is 1. The Bertz CT molecular complexity index is 951. The molecule has 0 radical (unpaired) electrons. The lowest BCUT2D eigenvalue weighted by Gasteiger charge is -2.33. The van der Waals surface area contributed by atoms with Crippen LogP contribution in [0.2, 0.25) is 10.0 Å². The van der Waals surface area contributed by atoms with E-state index in [1.807, 2.05) is 12.1 Å². The van der Waals surface area contributed by atoms with Crippen molar-refractivity contribution >= 4 is 39.1 Å². The summed E-state index contributed by atoms with van der Waals surface area (Å²) < 4.78 is 32.6. The molecule has 0 aromatic heterocycles. The van der Waals surface area contributed by atoms with Crippen LogP contribution >= 0.6 is 23.2 Å². The molecule has 3 rings (SSSR count). The van der Waals surface area contributed by atoms with E-state index in [0.717, 1.165) is 5.56 Å². The van der Waals surface area contributed by atoms with Crippen molar-refractivity contribution in [2.45, 2.75) is 17.5 Å². The van der Waals surface area contributed by atoms with Gasteiger partial charge in [-0.25, -0.2) is 8.42 Å². The van der Waals surface area contributed by atoms with Gasteiger partial charge in [0.2, 0.25) is 10.0 Å². The first-order valence-corrected chi connectivity index (χ1v) is 10.8. The summed E-state index contributed by atoms with van der Waals surface area (Å²) in [6.45, 7) is 0.609. The lowest BCUT2D eigenvalue weighted by molar-refractivity contribution is -0.146. The van der Waals surface area contributed by atoms with Gasteiger partial charge in [0.15, 0.2) is 0 Å². The van der Waals surface area contributed by atoms with Gasteiger partial charge in [0.1, 0.15) is 11.0 Å². The van der Waals surface area contributed by atoms with Gasteiger partial charge in [-0.05, 0) is 29.8 Å². The SMILES string of the molecule is CN(Cc1ccc(Cl)cc1)C(=O)[C@@H]1CN(S(=O)(=O)c2ccccc2Cl)CCO1. The van der Waals surface area contributed by atoms with Crippen LogP contribution in [0, 0.1) is 0 Å². The van der Waals surface area contributed by atoms with Gasteiger partial charge in [0, 0.05) is 31.7 Å². The number of rotatable bonds is 5. The van der Waals surface area contributed by atoms with Gasteiger partial charge in [-0.3, -0.25) is 4.79 Å². The summed E-state index contributed by atoms with van der Waals surface area (Å²) in [5.41, 5.74) is 0.914. The fourth-order valence-electron chi connectivity index (χ4n) is 2.97. The summed E-state index contributed by atoms with van der Waals surface area (Å²) >= 11 is 11.9. The molecule has 1 saturated heterocycles. The fraction of sp³-hybridized carbons (Fsp3) is 0.316. The number of morpholine rings is 1. The molecular formula is C19H20Cl2N2O4S. The number of hydrogen-bond donors (Lipinski definition) is 0. The number of carbonyl (C=O) groups excluding carboxylic acids is 1. The lowest BCUT2D eigenvalue weighted by atomic mass is 10.2. The second kappa shape index (κ2) is 8.80. The van der Waals surface area contributed by atoms with E-state index in [0.29, 0.717) is 11.6 Å². The van der Waals surface area contributed by atoms with Crippen molar-refractivity contribution < 1.29 is 17.9 Å². The minimum atomic E-state index is -3.81. The smallest absolute Gasteiger partial charge is 0.253 e. The van der Waals surface area contributed by atoms with Crippen molar-refractivity contribution in [2.75, 3.05) is 26.7 Å². The Hall–Kier alpha value is -1.64. The molecule has 1 atom stereocenters. The first-order valence-electron chi connectivity index (χ1n) is 8.65. The number of carbonyl (C=O) groups is 1. The maximum atomic E-state index is 12.9. The van der Waals surface area contributed by atoms with Crippen molar-refractivity contribution in [3.8, 4) is 0 Å². The minimum Gasteiger partial charge on any atom is -0.366 e. The Labute approximate surface area is 174 Å². The summed E-state index contributed by atoms with van der Waals surface area (Å²) in [5.74, 6) is -0.283. The molecule has 28 heavy (non-hydrogen) atoms. The molecule has 0 aliphatic carbocycles. The second-order valence-electron chi connectivity index (χ2n) is 6.47. The van der Waals surface area contributed by atoms with Gasteiger partial charge in [-0.1, -0.05) is 47.5 Å². The minimum absolute atomic E-state index is 0.0271. The highest BCUT2D eigenvalue weighted by molar-refractivity contribution is 7.89. The van der Waals surface area contributed by atoms with Crippen LogP contribution in [0.25, 0.3) is 0 Å². The first-order chi connectivity index (χ1) is 13.3. The van der Waals surface area contributed by atoms with Gasteiger partial charge in [0.25, 0.3) is 5.91 Å². The van der Waals surface area contributed by atoms with Gasteiger partial charge in [-0.15, -0.1) is 0 Å². The third-order valence-electron chi connectivity index (χ3n) is 4.47. The van der Waals surface area contributed by atoms with Crippen molar-refractivity contribution in [2.24, 2.45) is 0 Å². The zero-order chi connectivity index (χ0) is 20.3. The molecule has 0 saturated carbocycles. The summed E-state index contributed by atoms with van der Waals surface area (Å²) in [6.07, 6.45) is -0.872. The monoisotopic (exact) mass is 442 g/mol. The number of sulfonamides is 1. The van der Waals surface area contributed by atoms with Gasteiger partial charge >= 0.3 is 0 Å². The maximum absolute atomic E-state index is 12.9. The van der Waals surface area contributed by atoms with E-state index in [1.54, 1.807) is 31.3 Å². The number of nitrogens with zero attached hydrogens (tertiary/aromatic N) is 2. The lowest BCUT2D eigenvalue weighted by Crippen LogP contribution is -2.51. The van der Waals surface area contributed by atoms with Crippen molar-refractivity contribution in [1.29, 1.82) is 0 Å². The molecule has 1 fully saturated rings. The second-order valence-corrected chi connectivity index (χ2v) is 9.22. The zero-order valence-corrected chi connectivity index (χ0v) is 17.5. The van der Waals surface area contributed by atoms with E-state index in [4.69, 9.17) is 27.9 Å². The molecular weight excluding hydrogens is 423 g/mol. The highest BCUT2D eigenvalue weighted by Crippen LogP contribution is 2.26. The van der Waals surface area contributed by atoms with Gasteiger partial charge < -0.3 is 9.64 Å². The third kappa shape index (κ3) is 4.67. The molecule has 1 heterocycles. The topological polar surface area (TPSA) is 66.9 Å². The number of halogens is 2. The fourth-order valence-corrected chi connectivity index (χ4v) is 5.02. The van der Waals surface area contributed by atoms with Crippen LogP contribution in [-0.2, 0) is 26.1 Å². The molecule has 2 aromatic rings. The molecule has 150 valence electrons. The van der Waals surface area contributed by atoms with Crippen LogP contribution in [-0.4, -0.2) is 56.4 Å². The Balaban J connectivity index is 1.71. The number of hydrogen-bond acceptors (Lipinski definition) is 4. The Kier molecular flexibility index (Phi) is 6.62. The summed E-state index contributed by atoms with van der Waals surface area (Å²) in [7, 11) is -2.16. The van der Waals surface area contributed by atoms with Crippen molar-refractivity contribution in [3.05, 3.63) is 64.1 Å². The maximum Gasteiger partial charge on any atom is 0.253 e. The molecule has 0 N–H and O–H groups in total. The molecule has 6 nitrogen and oxygen atoms in total. The van der Waals surface area contributed by atoms with Crippen LogP contribution in [0.1, 0.15) is 5.56 Å².